The molecule has 1 aliphatic heterocycles. The Bertz CT molecular complexity index is 592. The number of benzene rings is 2. The predicted molar refractivity (Wildman–Crippen MR) is 67.5 cm³/mol. The molecule has 0 unspecified atom stereocenters. The number of nitrogens with one attached hydrogen (secondary N) is 1. The highest BCUT2D eigenvalue weighted by atomic mass is 16.2. The predicted octanol–water partition coefficient (Wildman–Crippen LogP) is 1.34. The zero-order valence-electron chi connectivity index (χ0n) is 9.44. The van der Waals surface area contributed by atoms with Crippen LogP contribution in [0.3, 0.4) is 0 Å². The molecule has 3 N–H and O–H groups in total. The Balaban J connectivity index is 2.22. The number of hydrogen-bond donors (Lipinski definition) is 2. The summed E-state index contributed by atoms with van der Waals surface area (Å²) in [5, 5.41) is 5.26. The lowest BCUT2D eigenvalue weighted by molar-refractivity contribution is -0.122. The summed E-state index contributed by atoms with van der Waals surface area (Å²) in [6, 6.07) is 12.0. The van der Waals surface area contributed by atoms with Crippen LogP contribution in [0, 0.1) is 0 Å². The second kappa shape index (κ2) is 3.86. The minimum Gasteiger partial charge on any atom is -0.351 e. The lowest BCUT2D eigenvalue weighted by atomic mass is 9.95. The number of carbonyl (C=O) groups is 1. The second-order valence-electron chi connectivity index (χ2n) is 4.45. The monoisotopic (exact) mass is 226 g/mol. The third-order valence-corrected chi connectivity index (χ3v) is 3.35. The summed E-state index contributed by atoms with van der Waals surface area (Å²) >= 11 is 0. The lowest BCUT2D eigenvalue weighted by Gasteiger charge is -2.10. The molecule has 1 amide bonds. The van der Waals surface area contributed by atoms with Crippen LogP contribution in [-0.2, 0) is 17.8 Å². The van der Waals surface area contributed by atoms with Gasteiger partial charge in [-0.25, -0.2) is 0 Å². The van der Waals surface area contributed by atoms with Gasteiger partial charge in [0.2, 0.25) is 5.91 Å². The van der Waals surface area contributed by atoms with Crippen LogP contribution in [0.15, 0.2) is 36.4 Å². The van der Waals surface area contributed by atoms with Gasteiger partial charge in [-0.15, -0.1) is 0 Å². The molecule has 1 heterocycles. The summed E-state index contributed by atoms with van der Waals surface area (Å²) in [7, 11) is 0. The molecular weight excluding hydrogens is 212 g/mol. The molecule has 3 rings (SSSR count). The number of fused-ring (bicyclic) bond motifs is 3. The van der Waals surface area contributed by atoms with Crippen LogP contribution in [0.4, 0.5) is 0 Å². The van der Waals surface area contributed by atoms with Crippen LogP contribution in [0.2, 0.25) is 0 Å². The van der Waals surface area contributed by atoms with Gasteiger partial charge >= 0.3 is 0 Å². The summed E-state index contributed by atoms with van der Waals surface area (Å²) in [4.78, 5) is 11.6. The maximum atomic E-state index is 11.6. The number of amides is 1. The van der Waals surface area contributed by atoms with E-state index in [9.17, 15) is 4.79 Å². The highest BCUT2D eigenvalue weighted by Gasteiger charge is 2.21. The fourth-order valence-corrected chi connectivity index (χ4v) is 2.41. The van der Waals surface area contributed by atoms with Crippen LogP contribution >= 0.6 is 0 Å². The van der Waals surface area contributed by atoms with Gasteiger partial charge < -0.3 is 11.1 Å². The molecule has 0 saturated carbocycles. The zero-order valence-corrected chi connectivity index (χ0v) is 9.44. The number of nitrogens with two attached hydrogens (primary N) is 1. The Kier molecular flexibility index (Phi) is 2.34. The van der Waals surface area contributed by atoms with Crippen molar-refractivity contribution in [3.8, 4) is 0 Å². The normalized spacial score (nSPS) is 19.6. The molecule has 2 aromatic rings. The summed E-state index contributed by atoms with van der Waals surface area (Å²) in [5.41, 5.74) is 8.25. The summed E-state index contributed by atoms with van der Waals surface area (Å²) in [5.74, 6) is -0.0646. The van der Waals surface area contributed by atoms with Crippen molar-refractivity contribution in [3.05, 3.63) is 47.5 Å². The maximum absolute atomic E-state index is 11.6. The Hall–Kier alpha value is -1.87. The van der Waals surface area contributed by atoms with Gasteiger partial charge in [0.1, 0.15) is 0 Å². The molecule has 0 aliphatic carbocycles. The maximum Gasteiger partial charge on any atom is 0.237 e. The van der Waals surface area contributed by atoms with Gasteiger partial charge in [0, 0.05) is 6.54 Å². The first kappa shape index (κ1) is 10.3. The van der Waals surface area contributed by atoms with Gasteiger partial charge in [0.25, 0.3) is 0 Å². The van der Waals surface area contributed by atoms with Crippen LogP contribution in [0.25, 0.3) is 10.8 Å². The first-order valence-corrected chi connectivity index (χ1v) is 5.78. The largest absolute Gasteiger partial charge is 0.351 e. The molecule has 0 fully saturated rings. The van der Waals surface area contributed by atoms with Crippen molar-refractivity contribution in [3.63, 3.8) is 0 Å². The van der Waals surface area contributed by atoms with Crippen LogP contribution in [0.5, 0.6) is 0 Å². The van der Waals surface area contributed by atoms with Gasteiger partial charge in [-0.05, 0) is 28.3 Å². The van der Waals surface area contributed by atoms with E-state index in [2.05, 4.69) is 29.6 Å². The Morgan fingerprint density at radius 2 is 2.00 bits per heavy atom. The van der Waals surface area contributed by atoms with Gasteiger partial charge in [-0.1, -0.05) is 36.4 Å². The average molecular weight is 226 g/mol. The topological polar surface area (TPSA) is 55.1 Å². The van der Waals surface area contributed by atoms with Gasteiger partial charge in [0.15, 0.2) is 0 Å². The van der Waals surface area contributed by atoms with E-state index in [-0.39, 0.29) is 5.91 Å². The molecule has 3 heteroatoms. The Labute approximate surface area is 99.6 Å². The van der Waals surface area contributed by atoms with E-state index in [0.29, 0.717) is 13.0 Å². The van der Waals surface area contributed by atoms with Crippen LogP contribution < -0.4 is 11.1 Å². The van der Waals surface area contributed by atoms with E-state index < -0.39 is 6.04 Å². The summed E-state index contributed by atoms with van der Waals surface area (Å²) in [6.07, 6.45) is 0.614. The summed E-state index contributed by atoms with van der Waals surface area (Å²) < 4.78 is 0. The smallest absolute Gasteiger partial charge is 0.237 e. The standard InChI is InChI=1S/C14H14N2O/c15-13-7-12-10(8-16-14(13)17)6-5-9-3-1-2-4-11(9)12/h1-6,13H,7-8,15H2,(H,16,17)/t13-/m0/s1. The van der Waals surface area contributed by atoms with Crippen LogP contribution in [0.1, 0.15) is 11.1 Å². The highest BCUT2D eigenvalue weighted by Crippen LogP contribution is 2.25. The van der Waals surface area contributed by atoms with Gasteiger partial charge in [-0.3, -0.25) is 4.79 Å². The molecule has 1 aliphatic rings. The Morgan fingerprint density at radius 3 is 2.88 bits per heavy atom. The molecule has 0 bridgehead atoms. The fourth-order valence-electron chi connectivity index (χ4n) is 2.41. The SMILES string of the molecule is N[C@H]1Cc2c(ccc3ccccc23)CNC1=O. The first-order chi connectivity index (χ1) is 8.25. The first-order valence-electron chi connectivity index (χ1n) is 5.78. The van der Waals surface area contributed by atoms with Crippen molar-refractivity contribution in [1.29, 1.82) is 0 Å². The molecular formula is C14H14N2O. The molecule has 0 radical (unpaired) electrons. The highest BCUT2D eigenvalue weighted by molar-refractivity contribution is 5.89. The molecule has 0 spiro atoms. The molecule has 0 saturated heterocycles. The molecule has 3 nitrogen and oxygen atoms in total. The van der Waals surface area contributed by atoms with Gasteiger partial charge in [0.05, 0.1) is 6.04 Å². The zero-order chi connectivity index (χ0) is 11.8. The number of rotatable bonds is 0. The van der Waals surface area contributed by atoms with Crippen molar-refractivity contribution < 1.29 is 4.79 Å². The average Bonchev–Trinajstić information content (AvgIpc) is 2.50. The van der Waals surface area contributed by atoms with E-state index in [1.165, 1.54) is 21.9 Å². The molecule has 0 aromatic heterocycles. The van der Waals surface area contributed by atoms with Crippen molar-refractivity contribution in [2.45, 2.75) is 19.0 Å². The number of hydrogen-bond acceptors (Lipinski definition) is 2. The van der Waals surface area contributed by atoms with E-state index in [1.807, 2.05) is 12.1 Å². The third-order valence-electron chi connectivity index (χ3n) is 3.35. The minimum absolute atomic E-state index is 0.0646. The van der Waals surface area contributed by atoms with E-state index in [0.717, 1.165) is 0 Å². The minimum atomic E-state index is -0.443. The van der Waals surface area contributed by atoms with Crippen molar-refractivity contribution in [2.24, 2.45) is 5.73 Å². The summed E-state index contributed by atoms with van der Waals surface area (Å²) in [6.45, 7) is 0.576. The molecule has 17 heavy (non-hydrogen) atoms. The lowest BCUT2D eigenvalue weighted by Crippen LogP contribution is -2.39. The quantitative estimate of drug-likeness (QED) is 0.712. The fraction of sp³-hybridized carbons (Fsp3) is 0.214. The molecule has 86 valence electrons. The van der Waals surface area contributed by atoms with Gasteiger partial charge in [-0.2, -0.15) is 0 Å². The third kappa shape index (κ3) is 1.68. The van der Waals surface area contributed by atoms with E-state index in [1.54, 1.807) is 0 Å². The second-order valence-corrected chi connectivity index (χ2v) is 4.45. The number of carbonyl (C=O) groups excluding carboxylic acids is 1. The van der Waals surface area contributed by atoms with E-state index in [4.69, 9.17) is 5.73 Å². The van der Waals surface area contributed by atoms with E-state index >= 15 is 0 Å². The van der Waals surface area contributed by atoms with Crippen LogP contribution in [-0.4, -0.2) is 11.9 Å². The molecule has 1 atom stereocenters. The molecule has 2 aromatic carbocycles. The Morgan fingerprint density at radius 1 is 1.18 bits per heavy atom. The van der Waals surface area contributed by atoms with Crippen molar-refractivity contribution in [2.75, 3.05) is 0 Å². The van der Waals surface area contributed by atoms with Crippen molar-refractivity contribution >= 4 is 16.7 Å². The van der Waals surface area contributed by atoms with Crippen molar-refractivity contribution in [1.82, 2.24) is 5.32 Å².